The van der Waals surface area contributed by atoms with E-state index in [0.29, 0.717) is 5.75 Å². The van der Waals surface area contributed by atoms with E-state index in [9.17, 15) is 14.7 Å². The van der Waals surface area contributed by atoms with Crippen LogP contribution in [0.5, 0.6) is 11.5 Å². The van der Waals surface area contributed by atoms with Gasteiger partial charge in [-0.1, -0.05) is 43.5 Å². The van der Waals surface area contributed by atoms with Crippen molar-refractivity contribution in [1.29, 1.82) is 0 Å². The zero-order valence-corrected chi connectivity index (χ0v) is 26.9. The van der Waals surface area contributed by atoms with Crippen LogP contribution in [0.4, 0.5) is 0 Å². The van der Waals surface area contributed by atoms with E-state index in [1.807, 2.05) is 66.4 Å². The second kappa shape index (κ2) is 21.0. The lowest BCUT2D eigenvalue weighted by Crippen LogP contribution is -2.08. The number of unbranched alkanes of at least 4 members (excludes halogenated alkanes) is 4. The van der Waals surface area contributed by atoms with Crippen molar-refractivity contribution in [3.8, 4) is 11.5 Å². The highest BCUT2D eigenvalue weighted by Gasteiger charge is 2.19. The van der Waals surface area contributed by atoms with Crippen LogP contribution in [0.2, 0.25) is 0 Å². The zero-order chi connectivity index (χ0) is 30.6. The predicted octanol–water partition coefficient (Wildman–Crippen LogP) is 8.69. The maximum atomic E-state index is 11.4. The SMILES string of the molecule is COc1ccc(S)cc1.COc1ccc(SCCCCCCCc2ccccc2C(CC(=O)O)SCCC(=O)O)cc1. The Hall–Kier alpha value is -2.75. The standard InChI is InChI=1S/C26H34O5S2.C7H8OS/c1-31-21-12-14-22(15-13-21)32-17-8-4-2-3-5-9-20-10-6-7-11-23(20)24(19-26(29)30)33-18-16-25(27)28;1-8-6-2-4-7(9)5-3-6/h6-7,10-15,24H,2-5,8-9,16-19H2,1H3,(H,27,28)(H,29,30);2-5,9H,1H3. The van der Waals surface area contributed by atoms with Gasteiger partial charge in [-0.3, -0.25) is 9.59 Å². The van der Waals surface area contributed by atoms with Crippen LogP contribution in [0.1, 0.15) is 61.3 Å². The number of hydrogen-bond donors (Lipinski definition) is 3. The summed E-state index contributed by atoms with van der Waals surface area (Å²) in [6, 6.07) is 23.7. The Morgan fingerprint density at radius 3 is 1.98 bits per heavy atom. The van der Waals surface area contributed by atoms with E-state index in [0.717, 1.165) is 47.0 Å². The van der Waals surface area contributed by atoms with Crippen LogP contribution in [0, 0.1) is 0 Å². The van der Waals surface area contributed by atoms with Crippen molar-refractivity contribution in [2.45, 2.75) is 66.4 Å². The van der Waals surface area contributed by atoms with Crippen molar-refractivity contribution in [2.24, 2.45) is 0 Å². The number of thioether (sulfide) groups is 2. The van der Waals surface area contributed by atoms with Crippen LogP contribution in [0.3, 0.4) is 0 Å². The van der Waals surface area contributed by atoms with Crippen LogP contribution in [0.15, 0.2) is 82.6 Å². The molecule has 3 rings (SSSR count). The third-order valence-corrected chi connectivity index (χ3v) is 9.05. The van der Waals surface area contributed by atoms with Gasteiger partial charge in [-0.05, 0) is 84.7 Å². The van der Waals surface area contributed by atoms with Crippen molar-refractivity contribution in [2.75, 3.05) is 25.7 Å². The van der Waals surface area contributed by atoms with Gasteiger partial charge in [0.05, 0.1) is 27.1 Å². The summed E-state index contributed by atoms with van der Waals surface area (Å²) in [7, 11) is 3.32. The number of aliphatic carboxylic acids is 2. The Kier molecular flexibility index (Phi) is 17.7. The summed E-state index contributed by atoms with van der Waals surface area (Å²) in [5.41, 5.74) is 2.22. The van der Waals surface area contributed by atoms with Crippen LogP contribution in [-0.2, 0) is 16.0 Å². The van der Waals surface area contributed by atoms with Gasteiger partial charge in [0, 0.05) is 20.8 Å². The summed E-state index contributed by atoms with van der Waals surface area (Å²) in [4.78, 5) is 24.4. The average Bonchev–Trinajstić information content (AvgIpc) is 2.99. The molecule has 228 valence electrons. The van der Waals surface area contributed by atoms with Gasteiger partial charge in [-0.2, -0.15) is 11.8 Å². The molecule has 3 aromatic rings. The van der Waals surface area contributed by atoms with Crippen molar-refractivity contribution in [3.05, 3.63) is 83.9 Å². The molecular formula is C33H42O6S3. The molecule has 0 aliphatic carbocycles. The van der Waals surface area contributed by atoms with Crippen molar-refractivity contribution < 1.29 is 29.3 Å². The molecule has 0 saturated heterocycles. The van der Waals surface area contributed by atoms with Gasteiger partial charge in [0.15, 0.2) is 0 Å². The smallest absolute Gasteiger partial charge is 0.304 e. The third kappa shape index (κ3) is 14.9. The number of ether oxygens (including phenoxy) is 2. The monoisotopic (exact) mass is 630 g/mol. The van der Waals surface area contributed by atoms with E-state index in [4.69, 9.17) is 14.6 Å². The molecule has 0 spiro atoms. The number of carboxylic acid groups (broad SMARTS) is 2. The Labute approximate surface area is 264 Å². The number of aryl methyl sites for hydroxylation is 1. The summed E-state index contributed by atoms with van der Waals surface area (Å²) < 4.78 is 10.1. The van der Waals surface area contributed by atoms with Crippen LogP contribution >= 0.6 is 36.2 Å². The number of thiol groups is 1. The summed E-state index contributed by atoms with van der Waals surface area (Å²) >= 11 is 7.42. The van der Waals surface area contributed by atoms with E-state index in [1.165, 1.54) is 41.5 Å². The molecule has 2 N–H and O–H groups in total. The predicted molar refractivity (Wildman–Crippen MR) is 177 cm³/mol. The second-order valence-electron chi connectivity index (χ2n) is 9.54. The zero-order valence-electron chi connectivity index (χ0n) is 24.4. The summed E-state index contributed by atoms with van der Waals surface area (Å²) in [5.74, 6) is 1.56. The minimum Gasteiger partial charge on any atom is -0.497 e. The first-order valence-corrected chi connectivity index (χ1v) is 16.5. The largest absolute Gasteiger partial charge is 0.497 e. The summed E-state index contributed by atoms with van der Waals surface area (Å²) in [6.45, 7) is 0. The first kappa shape index (κ1) is 35.4. The molecule has 0 radical (unpaired) electrons. The Bertz CT molecular complexity index is 1190. The van der Waals surface area contributed by atoms with Crippen molar-refractivity contribution in [1.82, 2.24) is 0 Å². The van der Waals surface area contributed by atoms with E-state index in [-0.39, 0.29) is 18.1 Å². The third-order valence-electron chi connectivity index (χ3n) is 6.39. The van der Waals surface area contributed by atoms with E-state index in [2.05, 4.69) is 30.8 Å². The molecule has 0 bridgehead atoms. The van der Waals surface area contributed by atoms with Crippen molar-refractivity contribution >= 4 is 48.1 Å². The molecule has 0 aliphatic heterocycles. The fraction of sp³-hybridized carbons (Fsp3) is 0.394. The van der Waals surface area contributed by atoms with Gasteiger partial charge in [-0.25, -0.2) is 0 Å². The lowest BCUT2D eigenvalue weighted by molar-refractivity contribution is -0.137. The summed E-state index contributed by atoms with van der Waals surface area (Å²) in [5, 5.41) is 18.0. The average molecular weight is 631 g/mol. The van der Waals surface area contributed by atoms with Gasteiger partial charge < -0.3 is 19.7 Å². The minimum atomic E-state index is -0.856. The van der Waals surface area contributed by atoms with Gasteiger partial charge in [0.25, 0.3) is 0 Å². The first-order chi connectivity index (χ1) is 20.3. The van der Waals surface area contributed by atoms with Gasteiger partial charge in [0.2, 0.25) is 0 Å². The molecule has 42 heavy (non-hydrogen) atoms. The number of carboxylic acids is 2. The van der Waals surface area contributed by atoms with Gasteiger partial charge in [0.1, 0.15) is 11.5 Å². The molecule has 1 unspecified atom stereocenters. The lowest BCUT2D eigenvalue weighted by Gasteiger charge is -2.18. The molecule has 6 nitrogen and oxygen atoms in total. The highest BCUT2D eigenvalue weighted by atomic mass is 32.2. The van der Waals surface area contributed by atoms with Gasteiger partial charge >= 0.3 is 11.9 Å². The fourth-order valence-electron chi connectivity index (χ4n) is 4.17. The molecule has 3 aromatic carbocycles. The normalized spacial score (nSPS) is 11.2. The van der Waals surface area contributed by atoms with Crippen LogP contribution < -0.4 is 9.47 Å². The van der Waals surface area contributed by atoms with Crippen LogP contribution in [0.25, 0.3) is 0 Å². The molecule has 0 amide bonds. The fourth-order valence-corrected chi connectivity index (χ4v) is 6.48. The highest BCUT2D eigenvalue weighted by Crippen LogP contribution is 2.35. The Morgan fingerprint density at radius 2 is 1.36 bits per heavy atom. The minimum absolute atomic E-state index is 0.00710. The number of benzene rings is 3. The Balaban J connectivity index is 0.000000581. The molecular weight excluding hydrogens is 589 g/mol. The van der Waals surface area contributed by atoms with E-state index in [1.54, 1.807) is 14.2 Å². The lowest BCUT2D eigenvalue weighted by atomic mass is 9.97. The quantitative estimate of drug-likeness (QED) is 0.0730. The maximum Gasteiger partial charge on any atom is 0.304 e. The molecule has 0 saturated carbocycles. The number of methoxy groups -OCH3 is 2. The molecule has 0 aliphatic rings. The first-order valence-electron chi connectivity index (χ1n) is 14.0. The van der Waals surface area contributed by atoms with E-state index >= 15 is 0 Å². The molecule has 9 heteroatoms. The highest BCUT2D eigenvalue weighted by molar-refractivity contribution is 7.99. The number of rotatable bonds is 18. The summed E-state index contributed by atoms with van der Waals surface area (Å²) in [6.07, 6.45) is 6.78. The van der Waals surface area contributed by atoms with Crippen LogP contribution in [-0.4, -0.2) is 47.9 Å². The van der Waals surface area contributed by atoms with E-state index < -0.39 is 11.9 Å². The molecule has 0 heterocycles. The number of carbonyl (C=O) groups is 2. The maximum absolute atomic E-state index is 11.4. The molecule has 1 atom stereocenters. The number of hydrogen-bond acceptors (Lipinski definition) is 7. The molecule has 0 fully saturated rings. The van der Waals surface area contributed by atoms with Crippen molar-refractivity contribution in [3.63, 3.8) is 0 Å². The topological polar surface area (TPSA) is 93.1 Å². The molecule has 0 aromatic heterocycles. The second-order valence-corrected chi connectivity index (χ2v) is 12.5. The Morgan fingerprint density at radius 1 is 0.762 bits per heavy atom. The van der Waals surface area contributed by atoms with Gasteiger partial charge in [-0.15, -0.1) is 24.4 Å².